The minimum atomic E-state index is -0.555. The smallest absolute Gasteiger partial charge is 0.0855 e. The third-order valence-corrected chi connectivity index (χ3v) is 2.63. The second kappa shape index (κ2) is 3.38. The number of hydrogen-bond donors (Lipinski definition) is 1. The van der Waals surface area contributed by atoms with Gasteiger partial charge in [-0.2, -0.15) is 0 Å². The van der Waals surface area contributed by atoms with Crippen LogP contribution in [-0.4, -0.2) is 17.3 Å². The number of anilines is 1. The Morgan fingerprint density at radius 2 is 2.29 bits per heavy atom. The fourth-order valence-electron chi connectivity index (χ4n) is 1.88. The molecule has 2 rings (SSSR count). The van der Waals surface area contributed by atoms with Crippen LogP contribution in [0.2, 0.25) is 0 Å². The van der Waals surface area contributed by atoms with E-state index in [2.05, 4.69) is 5.29 Å². The van der Waals surface area contributed by atoms with E-state index in [0.29, 0.717) is 6.42 Å². The van der Waals surface area contributed by atoms with E-state index in [-0.39, 0.29) is 6.04 Å². The van der Waals surface area contributed by atoms with Gasteiger partial charge in [0.25, 0.3) is 0 Å². The molecule has 2 unspecified atom stereocenters. The first kappa shape index (κ1) is 9.15. The fraction of sp³-hybridized carbons (Fsp3) is 0.400. The predicted octanol–water partition coefficient (Wildman–Crippen LogP) is 1.48. The summed E-state index contributed by atoms with van der Waals surface area (Å²) in [4.78, 5) is 10.6. The zero-order chi connectivity index (χ0) is 10.1. The standard InChI is InChI=1S/C10H12N2O2/c1-7(13)10-6-8-4-2-3-5-9(8)12(10)11-14/h2-5,7,10,13H,6H2,1H3. The lowest BCUT2D eigenvalue weighted by atomic mass is 10.1. The molecular weight excluding hydrogens is 180 g/mol. The average molecular weight is 192 g/mol. The van der Waals surface area contributed by atoms with Gasteiger partial charge in [0.15, 0.2) is 0 Å². The molecule has 0 spiro atoms. The molecule has 0 saturated carbocycles. The van der Waals surface area contributed by atoms with Crippen molar-refractivity contribution in [3.05, 3.63) is 34.7 Å². The SMILES string of the molecule is CC(O)C1Cc2ccccc2N1N=O. The molecule has 0 saturated heterocycles. The second-order valence-electron chi connectivity index (χ2n) is 3.57. The van der Waals surface area contributed by atoms with E-state index in [1.807, 2.05) is 24.3 Å². The highest BCUT2D eigenvalue weighted by molar-refractivity contribution is 5.58. The third-order valence-electron chi connectivity index (χ3n) is 2.63. The maximum atomic E-state index is 10.6. The average Bonchev–Trinajstić information content (AvgIpc) is 2.56. The van der Waals surface area contributed by atoms with Crippen LogP contribution >= 0.6 is 0 Å². The first-order valence-corrected chi connectivity index (χ1v) is 4.62. The summed E-state index contributed by atoms with van der Waals surface area (Å²) < 4.78 is 0. The number of nitrogens with zero attached hydrogens (tertiary/aromatic N) is 2. The van der Waals surface area contributed by atoms with Crippen LogP contribution in [0.5, 0.6) is 0 Å². The molecule has 0 bridgehead atoms. The number of para-hydroxylation sites is 1. The molecule has 0 amide bonds. The van der Waals surface area contributed by atoms with Crippen LogP contribution in [0.4, 0.5) is 5.69 Å². The number of rotatable bonds is 2. The van der Waals surface area contributed by atoms with Gasteiger partial charge in [-0.05, 0) is 25.0 Å². The number of hydrogen-bond acceptors (Lipinski definition) is 3. The Bertz CT molecular complexity index is 352. The minimum Gasteiger partial charge on any atom is -0.391 e. The first-order valence-electron chi connectivity index (χ1n) is 4.62. The molecule has 0 aliphatic carbocycles. The lowest BCUT2D eigenvalue weighted by molar-refractivity contribution is 0.162. The molecule has 1 aromatic carbocycles. The monoisotopic (exact) mass is 192 g/mol. The van der Waals surface area contributed by atoms with Gasteiger partial charge < -0.3 is 5.11 Å². The molecular formula is C10H12N2O2. The zero-order valence-corrected chi connectivity index (χ0v) is 7.92. The molecule has 74 valence electrons. The van der Waals surface area contributed by atoms with Crippen LogP contribution in [0.1, 0.15) is 12.5 Å². The van der Waals surface area contributed by atoms with Crippen LogP contribution in [0.15, 0.2) is 29.6 Å². The van der Waals surface area contributed by atoms with Gasteiger partial charge in [-0.1, -0.05) is 18.2 Å². The lowest BCUT2D eigenvalue weighted by Crippen LogP contribution is -2.36. The van der Waals surface area contributed by atoms with Crippen molar-refractivity contribution in [1.29, 1.82) is 0 Å². The van der Waals surface area contributed by atoms with Crippen molar-refractivity contribution in [2.45, 2.75) is 25.5 Å². The number of nitroso groups, excluding NO2 is 1. The van der Waals surface area contributed by atoms with Crippen LogP contribution in [0.3, 0.4) is 0 Å². The van der Waals surface area contributed by atoms with Crippen molar-refractivity contribution in [3.63, 3.8) is 0 Å². The van der Waals surface area contributed by atoms with Crippen molar-refractivity contribution in [2.24, 2.45) is 5.29 Å². The third kappa shape index (κ3) is 1.28. The number of fused-ring (bicyclic) bond motifs is 1. The Balaban J connectivity index is 2.38. The molecule has 1 heterocycles. The van der Waals surface area contributed by atoms with Gasteiger partial charge in [0.1, 0.15) is 0 Å². The fourth-order valence-corrected chi connectivity index (χ4v) is 1.88. The summed E-state index contributed by atoms with van der Waals surface area (Å²) in [6, 6.07) is 7.37. The first-order chi connectivity index (χ1) is 6.74. The summed E-state index contributed by atoms with van der Waals surface area (Å²) in [5.74, 6) is 0. The molecule has 0 radical (unpaired) electrons. The van der Waals surface area contributed by atoms with Crippen LogP contribution in [0, 0.1) is 4.91 Å². The minimum absolute atomic E-state index is 0.218. The zero-order valence-electron chi connectivity index (χ0n) is 7.92. The maximum Gasteiger partial charge on any atom is 0.0855 e. The van der Waals surface area contributed by atoms with Crippen LogP contribution in [-0.2, 0) is 6.42 Å². The van der Waals surface area contributed by atoms with Crippen molar-refractivity contribution in [1.82, 2.24) is 0 Å². The largest absolute Gasteiger partial charge is 0.391 e. The topological polar surface area (TPSA) is 52.9 Å². The summed E-state index contributed by atoms with van der Waals surface area (Å²) in [6.07, 6.45) is 0.125. The highest BCUT2D eigenvalue weighted by atomic mass is 16.3. The van der Waals surface area contributed by atoms with E-state index in [1.165, 1.54) is 5.01 Å². The highest BCUT2D eigenvalue weighted by Crippen LogP contribution is 2.33. The molecule has 4 nitrogen and oxygen atoms in total. The van der Waals surface area contributed by atoms with E-state index in [9.17, 15) is 10.0 Å². The second-order valence-corrected chi connectivity index (χ2v) is 3.57. The number of aliphatic hydroxyl groups is 1. The van der Waals surface area contributed by atoms with E-state index in [4.69, 9.17) is 0 Å². The molecule has 1 aliphatic heterocycles. The summed E-state index contributed by atoms with van der Waals surface area (Å²) in [5, 5.41) is 13.8. The van der Waals surface area contributed by atoms with Crippen molar-refractivity contribution < 1.29 is 5.11 Å². The van der Waals surface area contributed by atoms with Gasteiger partial charge >= 0.3 is 0 Å². The Hall–Kier alpha value is -1.42. The highest BCUT2D eigenvalue weighted by Gasteiger charge is 2.33. The quantitative estimate of drug-likeness (QED) is 0.722. The van der Waals surface area contributed by atoms with Crippen molar-refractivity contribution in [3.8, 4) is 0 Å². The predicted molar refractivity (Wildman–Crippen MR) is 53.9 cm³/mol. The van der Waals surface area contributed by atoms with Gasteiger partial charge in [-0.3, -0.25) is 0 Å². The van der Waals surface area contributed by atoms with E-state index >= 15 is 0 Å². The normalized spacial score (nSPS) is 21.9. The van der Waals surface area contributed by atoms with Crippen molar-refractivity contribution >= 4 is 5.69 Å². The molecule has 0 fully saturated rings. The molecule has 14 heavy (non-hydrogen) atoms. The summed E-state index contributed by atoms with van der Waals surface area (Å²) in [6.45, 7) is 1.68. The Morgan fingerprint density at radius 1 is 1.57 bits per heavy atom. The maximum absolute atomic E-state index is 10.6. The molecule has 2 atom stereocenters. The van der Waals surface area contributed by atoms with E-state index in [1.54, 1.807) is 6.92 Å². The van der Waals surface area contributed by atoms with Gasteiger partial charge in [-0.25, -0.2) is 5.01 Å². The van der Waals surface area contributed by atoms with Crippen LogP contribution in [0.25, 0.3) is 0 Å². The van der Waals surface area contributed by atoms with E-state index < -0.39 is 6.10 Å². The molecule has 4 heteroatoms. The van der Waals surface area contributed by atoms with Gasteiger partial charge in [0.2, 0.25) is 0 Å². The number of benzene rings is 1. The Labute approximate surface area is 82.1 Å². The Morgan fingerprint density at radius 3 is 2.93 bits per heavy atom. The van der Waals surface area contributed by atoms with E-state index in [0.717, 1.165) is 11.3 Å². The number of aliphatic hydroxyl groups excluding tert-OH is 1. The lowest BCUT2D eigenvalue weighted by Gasteiger charge is -2.20. The summed E-state index contributed by atoms with van der Waals surface area (Å²) >= 11 is 0. The summed E-state index contributed by atoms with van der Waals surface area (Å²) in [7, 11) is 0. The molecule has 0 aromatic heterocycles. The van der Waals surface area contributed by atoms with Gasteiger partial charge in [0, 0.05) is 0 Å². The van der Waals surface area contributed by atoms with Crippen molar-refractivity contribution in [2.75, 3.05) is 5.01 Å². The molecule has 1 N–H and O–H groups in total. The summed E-state index contributed by atoms with van der Waals surface area (Å²) in [5.41, 5.74) is 1.88. The molecule has 1 aliphatic rings. The Kier molecular flexibility index (Phi) is 2.21. The van der Waals surface area contributed by atoms with Gasteiger partial charge in [-0.15, -0.1) is 4.91 Å². The van der Waals surface area contributed by atoms with Gasteiger partial charge in [0.05, 0.1) is 23.1 Å². The molecule has 1 aromatic rings. The van der Waals surface area contributed by atoms with Crippen LogP contribution < -0.4 is 5.01 Å².